The van der Waals surface area contributed by atoms with Crippen LogP contribution in [-0.2, 0) is 9.59 Å². The number of carbonyl (C=O) groups excluding carboxylic acids is 2. The normalized spacial score (nSPS) is 16.4. The van der Waals surface area contributed by atoms with Gasteiger partial charge in [0, 0.05) is 34.8 Å². The van der Waals surface area contributed by atoms with Gasteiger partial charge in [0.2, 0.25) is 11.8 Å². The quantitative estimate of drug-likeness (QED) is 0.811. The highest BCUT2D eigenvalue weighted by Gasteiger charge is 2.36. The lowest BCUT2D eigenvalue weighted by Gasteiger charge is -2.20. The Labute approximate surface area is 167 Å². The summed E-state index contributed by atoms with van der Waals surface area (Å²) >= 11 is 11.9. The first-order valence-corrected chi connectivity index (χ1v) is 8.96. The van der Waals surface area contributed by atoms with Crippen molar-refractivity contribution in [2.75, 3.05) is 31.0 Å². The summed E-state index contributed by atoms with van der Waals surface area (Å²) in [5.41, 5.74) is 1.06. The number of carbonyl (C=O) groups is 2. The molecule has 2 aromatic rings. The summed E-state index contributed by atoms with van der Waals surface area (Å²) in [5, 5.41) is 3.61. The van der Waals surface area contributed by atoms with Crippen LogP contribution < -0.4 is 19.7 Å². The molecule has 1 aliphatic rings. The van der Waals surface area contributed by atoms with Crippen molar-refractivity contribution >= 4 is 46.4 Å². The van der Waals surface area contributed by atoms with Crippen molar-refractivity contribution in [3.05, 3.63) is 46.4 Å². The van der Waals surface area contributed by atoms with Gasteiger partial charge in [0.1, 0.15) is 11.5 Å². The van der Waals surface area contributed by atoms with Crippen molar-refractivity contribution in [2.45, 2.75) is 6.42 Å². The molecule has 0 unspecified atom stereocenters. The summed E-state index contributed by atoms with van der Waals surface area (Å²) in [4.78, 5) is 26.7. The van der Waals surface area contributed by atoms with Gasteiger partial charge >= 0.3 is 0 Å². The zero-order valence-electron chi connectivity index (χ0n) is 14.8. The largest absolute Gasteiger partial charge is 0.497 e. The van der Waals surface area contributed by atoms with E-state index in [-0.39, 0.29) is 24.8 Å². The number of halogens is 2. The number of amides is 2. The van der Waals surface area contributed by atoms with Crippen LogP contribution >= 0.6 is 23.2 Å². The average Bonchev–Trinajstić information content (AvgIpc) is 3.02. The second kappa shape index (κ2) is 8.06. The second-order valence-corrected chi connectivity index (χ2v) is 6.96. The minimum absolute atomic E-state index is 0.0977. The zero-order valence-corrected chi connectivity index (χ0v) is 16.3. The Morgan fingerprint density at radius 3 is 2.44 bits per heavy atom. The van der Waals surface area contributed by atoms with Crippen molar-refractivity contribution in [1.82, 2.24) is 0 Å². The number of rotatable bonds is 5. The van der Waals surface area contributed by atoms with Crippen LogP contribution in [0, 0.1) is 5.92 Å². The van der Waals surface area contributed by atoms with Crippen molar-refractivity contribution in [2.24, 2.45) is 5.92 Å². The molecule has 1 heterocycles. The lowest BCUT2D eigenvalue weighted by molar-refractivity contribution is -0.122. The van der Waals surface area contributed by atoms with Gasteiger partial charge in [-0.05, 0) is 30.3 Å². The maximum absolute atomic E-state index is 12.6. The summed E-state index contributed by atoms with van der Waals surface area (Å²) in [6.07, 6.45) is 0.0977. The minimum atomic E-state index is -0.508. The van der Waals surface area contributed by atoms with E-state index in [1.807, 2.05) is 0 Å². The van der Waals surface area contributed by atoms with Crippen LogP contribution in [0.25, 0.3) is 0 Å². The van der Waals surface area contributed by atoms with Gasteiger partial charge in [0.15, 0.2) is 0 Å². The van der Waals surface area contributed by atoms with E-state index in [9.17, 15) is 9.59 Å². The molecule has 8 heteroatoms. The Morgan fingerprint density at radius 1 is 1.11 bits per heavy atom. The molecule has 1 fully saturated rings. The predicted octanol–water partition coefficient (Wildman–Crippen LogP) is 4.00. The molecule has 27 heavy (non-hydrogen) atoms. The minimum Gasteiger partial charge on any atom is -0.497 e. The summed E-state index contributed by atoms with van der Waals surface area (Å²) < 4.78 is 10.6. The molecule has 3 rings (SSSR count). The molecule has 142 valence electrons. The number of anilines is 2. The third-order valence-electron chi connectivity index (χ3n) is 4.30. The number of nitrogens with zero attached hydrogens (tertiary/aromatic N) is 1. The highest BCUT2D eigenvalue weighted by molar-refractivity contribution is 6.35. The van der Waals surface area contributed by atoms with E-state index in [0.717, 1.165) is 0 Å². The fourth-order valence-corrected chi connectivity index (χ4v) is 3.52. The Kier molecular flexibility index (Phi) is 5.77. The Bertz CT molecular complexity index is 868. The van der Waals surface area contributed by atoms with Gasteiger partial charge in [-0.2, -0.15) is 0 Å². The molecule has 0 aromatic heterocycles. The van der Waals surface area contributed by atoms with Crippen LogP contribution in [0.2, 0.25) is 10.0 Å². The highest BCUT2D eigenvalue weighted by Crippen LogP contribution is 2.36. The van der Waals surface area contributed by atoms with Crippen LogP contribution in [0.4, 0.5) is 11.4 Å². The summed E-state index contributed by atoms with van der Waals surface area (Å²) in [7, 11) is 3.07. The van der Waals surface area contributed by atoms with Gasteiger partial charge in [-0.3, -0.25) is 9.59 Å². The van der Waals surface area contributed by atoms with Crippen molar-refractivity contribution in [1.29, 1.82) is 0 Å². The smallest absolute Gasteiger partial charge is 0.229 e. The lowest BCUT2D eigenvalue weighted by atomic mass is 10.1. The molecular formula is C19H18Cl2N2O4. The molecule has 1 atom stereocenters. The first-order valence-electron chi connectivity index (χ1n) is 8.20. The SMILES string of the molecule is COc1ccc(OC)c(N2C[C@H](C(=O)Nc3cc(Cl)cc(Cl)c3)CC2=O)c1. The molecule has 6 nitrogen and oxygen atoms in total. The molecule has 0 aliphatic carbocycles. The van der Waals surface area contributed by atoms with Crippen molar-refractivity contribution in [3.63, 3.8) is 0 Å². The number of ether oxygens (including phenoxy) is 2. The van der Waals surface area contributed by atoms with E-state index < -0.39 is 5.92 Å². The zero-order chi connectivity index (χ0) is 19.6. The highest BCUT2D eigenvalue weighted by atomic mass is 35.5. The molecule has 2 amide bonds. The van der Waals surface area contributed by atoms with E-state index in [4.69, 9.17) is 32.7 Å². The lowest BCUT2D eigenvalue weighted by Crippen LogP contribution is -2.28. The Morgan fingerprint density at radius 2 is 1.81 bits per heavy atom. The standard InChI is InChI=1S/C19H18Cl2N2O4/c1-26-15-3-4-17(27-2)16(9-15)23-10-11(5-18(23)24)19(25)22-14-7-12(20)6-13(21)8-14/h3-4,6-9,11H,5,10H2,1-2H3,(H,22,25)/t11-/m1/s1. The maximum Gasteiger partial charge on any atom is 0.229 e. The van der Waals surface area contributed by atoms with E-state index in [1.54, 1.807) is 43.5 Å². The fourth-order valence-electron chi connectivity index (χ4n) is 2.99. The predicted molar refractivity (Wildman–Crippen MR) is 105 cm³/mol. The summed E-state index contributed by atoms with van der Waals surface area (Å²) in [6, 6.07) is 9.97. The molecule has 0 spiro atoms. The molecule has 0 radical (unpaired) electrons. The summed E-state index contributed by atoms with van der Waals surface area (Å²) in [5.74, 6) is 0.190. The molecule has 0 bridgehead atoms. The first kappa shape index (κ1) is 19.3. The maximum atomic E-state index is 12.6. The van der Waals surface area contributed by atoms with Crippen LogP contribution in [0.3, 0.4) is 0 Å². The van der Waals surface area contributed by atoms with Gasteiger partial charge in [-0.25, -0.2) is 0 Å². The Hall–Kier alpha value is -2.44. The van der Waals surface area contributed by atoms with Crippen LogP contribution in [0.1, 0.15) is 6.42 Å². The molecule has 1 saturated heterocycles. The topological polar surface area (TPSA) is 67.9 Å². The number of hydrogen-bond acceptors (Lipinski definition) is 4. The monoisotopic (exact) mass is 408 g/mol. The molecular weight excluding hydrogens is 391 g/mol. The van der Waals surface area contributed by atoms with E-state index in [2.05, 4.69) is 5.32 Å². The number of nitrogens with one attached hydrogen (secondary N) is 1. The van der Waals surface area contributed by atoms with Crippen LogP contribution in [0.15, 0.2) is 36.4 Å². The molecule has 0 saturated carbocycles. The van der Waals surface area contributed by atoms with E-state index >= 15 is 0 Å². The van der Waals surface area contributed by atoms with Crippen molar-refractivity contribution < 1.29 is 19.1 Å². The molecule has 2 aromatic carbocycles. The summed E-state index contributed by atoms with van der Waals surface area (Å²) in [6.45, 7) is 0.239. The third kappa shape index (κ3) is 4.28. The van der Waals surface area contributed by atoms with Gasteiger partial charge in [-0.15, -0.1) is 0 Å². The van der Waals surface area contributed by atoms with E-state index in [0.29, 0.717) is 32.9 Å². The van der Waals surface area contributed by atoms with Gasteiger partial charge in [-0.1, -0.05) is 23.2 Å². The van der Waals surface area contributed by atoms with Crippen LogP contribution in [-0.4, -0.2) is 32.6 Å². The second-order valence-electron chi connectivity index (χ2n) is 6.09. The van der Waals surface area contributed by atoms with Gasteiger partial charge < -0.3 is 19.7 Å². The third-order valence-corrected chi connectivity index (χ3v) is 4.74. The number of hydrogen-bond donors (Lipinski definition) is 1. The Balaban J connectivity index is 1.78. The van der Waals surface area contributed by atoms with Crippen LogP contribution in [0.5, 0.6) is 11.5 Å². The van der Waals surface area contributed by atoms with Gasteiger partial charge in [0.25, 0.3) is 0 Å². The molecule has 1 N–H and O–H groups in total. The van der Waals surface area contributed by atoms with Gasteiger partial charge in [0.05, 0.1) is 25.8 Å². The fraction of sp³-hybridized carbons (Fsp3) is 0.263. The first-order chi connectivity index (χ1) is 12.9. The number of benzene rings is 2. The van der Waals surface area contributed by atoms with E-state index in [1.165, 1.54) is 12.0 Å². The number of methoxy groups -OCH3 is 2. The average molecular weight is 409 g/mol. The van der Waals surface area contributed by atoms with Crippen molar-refractivity contribution in [3.8, 4) is 11.5 Å². The molecule has 1 aliphatic heterocycles.